The summed E-state index contributed by atoms with van der Waals surface area (Å²) in [5, 5.41) is 4.60. The van der Waals surface area contributed by atoms with Gasteiger partial charge in [0.1, 0.15) is 0 Å². The number of hydrogen-bond donors (Lipinski definition) is 1. The van der Waals surface area contributed by atoms with E-state index in [2.05, 4.69) is 37.1 Å². The molecule has 1 aromatic heterocycles. The highest BCUT2D eigenvalue weighted by Gasteiger charge is 2.07. The van der Waals surface area contributed by atoms with Crippen LogP contribution in [0.25, 0.3) is 5.69 Å². The molecule has 3 nitrogen and oxygen atoms in total. The fraction of sp³-hybridized carbons (Fsp3) is 0.357. The second-order valence-electron chi connectivity index (χ2n) is 4.51. The van der Waals surface area contributed by atoms with E-state index in [1.165, 1.54) is 5.56 Å². The van der Waals surface area contributed by atoms with E-state index < -0.39 is 0 Å². The van der Waals surface area contributed by atoms with Crippen LogP contribution in [0, 0.1) is 0 Å². The van der Waals surface area contributed by atoms with E-state index in [4.69, 9.17) is 5.73 Å². The summed E-state index contributed by atoms with van der Waals surface area (Å²) < 4.78 is 1.94. The molecule has 0 saturated carbocycles. The van der Waals surface area contributed by atoms with E-state index in [0.29, 0.717) is 12.5 Å². The van der Waals surface area contributed by atoms with Crippen molar-refractivity contribution >= 4 is 0 Å². The summed E-state index contributed by atoms with van der Waals surface area (Å²) in [6.45, 7) is 4.96. The van der Waals surface area contributed by atoms with Gasteiger partial charge in [0, 0.05) is 6.20 Å². The Balaban J connectivity index is 2.38. The Kier molecular flexibility index (Phi) is 3.59. The first-order valence-electron chi connectivity index (χ1n) is 6.06. The van der Waals surface area contributed by atoms with Crippen molar-refractivity contribution in [2.75, 3.05) is 6.54 Å². The van der Waals surface area contributed by atoms with Gasteiger partial charge < -0.3 is 5.73 Å². The average molecular weight is 229 g/mol. The molecule has 3 heteroatoms. The van der Waals surface area contributed by atoms with E-state index in [1.807, 2.05) is 23.0 Å². The number of aromatic nitrogens is 2. The Morgan fingerprint density at radius 3 is 2.65 bits per heavy atom. The largest absolute Gasteiger partial charge is 0.330 e. The van der Waals surface area contributed by atoms with Crippen molar-refractivity contribution in [2.45, 2.75) is 26.2 Å². The lowest BCUT2D eigenvalue weighted by Crippen LogP contribution is -2.07. The number of benzene rings is 1. The van der Waals surface area contributed by atoms with E-state index >= 15 is 0 Å². The molecular formula is C14H19N3. The third-order valence-electron chi connectivity index (χ3n) is 2.85. The first kappa shape index (κ1) is 11.9. The van der Waals surface area contributed by atoms with Crippen molar-refractivity contribution in [2.24, 2.45) is 5.73 Å². The van der Waals surface area contributed by atoms with E-state index in [1.54, 1.807) is 0 Å². The Labute approximate surface area is 102 Å². The molecule has 0 atom stereocenters. The lowest BCUT2D eigenvalue weighted by molar-refractivity contribution is 0.762. The smallest absolute Gasteiger partial charge is 0.0678 e. The molecule has 17 heavy (non-hydrogen) atoms. The van der Waals surface area contributed by atoms with Crippen LogP contribution in [-0.4, -0.2) is 16.3 Å². The third-order valence-corrected chi connectivity index (χ3v) is 2.85. The second kappa shape index (κ2) is 5.15. The first-order chi connectivity index (χ1) is 8.22. The maximum absolute atomic E-state index is 5.63. The van der Waals surface area contributed by atoms with E-state index in [-0.39, 0.29) is 0 Å². The number of nitrogens with zero attached hydrogens (tertiary/aromatic N) is 2. The predicted octanol–water partition coefficient (Wildman–Crippen LogP) is 2.50. The molecule has 0 fully saturated rings. The van der Waals surface area contributed by atoms with Gasteiger partial charge in [-0.25, -0.2) is 4.68 Å². The molecule has 0 radical (unpaired) electrons. The Morgan fingerprint density at radius 1 is 1.24 bits per heavy atom. The van der Waals surface area contributed by atoms with Gasteiger partial charge in [-0.3, -0.25) is 0 Å². The molecule has 1 heterocycles. The molecule has 2 N–H and O–H groups in total. The highest BCUT2D eigenvalue weighted by atomic mass is 15.3. The van der Waals surface area contributed by atoms with Gasteiger partial charge in [0.05, 0.1) is 11.4 Å². The third kappa shape index (κ3) is 2.56. The van der Waals surface area contributed by atoms with Crippen LogP contribution in [0.4, 0.5) is 0 Å². The molecular weight excluding hydrogens is 210 g/mol. The quantitative estimate of drug-likeness (QED) is 0.875. The lowest BCUT2D eigenvalue weighted by atomic mass is 10.1. The molecule has 0 aliphatic heterocycles. The van der Waals surface area contributed by atoms with Crippen LogP contribution in [-0.2, 0) is 6.42 Å². The molecule has 0 amide bonds. The summed E-state index contributed by atoms with van der Waals surface area (Å²) in [6.07, 6.45) is 2.90. The van der Waals surface area contributed by atoms with Crippen LogP contribution in [0.3, 0.4) is 0 Å². The van der Waals surface area contributed by atoms with E-state index in [9.17, 15) is 0 Å². The molecule has 0 saturated heterocycles. The number of hydrogen-bond acceptors (Lipinski definition) is 2. The zero-order valence-electron chi connectivity index (χ0n) is 10.4. The summed E-state index contributed by atoms with van der Waals surface area (Å²) >= 11 is 0. The molecule has 1 aromatic carbocycles. The molecule has 0 aliphatic carbocycles. The molecule has 0 bridgehead atoms. The number of para-hydroxylation sites is 1. The van der Waals surface area contributed by atoms with Crippen molar-refractivity contribution in [3.05, 3.63) is 47.8 Å². The van der Waals surface area contributed by atoms with Gasteiger partial charge in [0.15, 0.2) is 0 Å². The Morgan fingerprint density at radius 2 is 2.00 bits per heavy atom. The fourth-order valence-electron chi connectivity index (χ4n) is 1.88. The SMILES string of the molecule is CC(C)c1ccn(-c2ccccc2CCN)n1. The first-order valence-corrected chi connectivity index (χ1v) is 6.06. The normalized spacial score (nSPS) is 11.1. The topological polar surface area (TPSA) is 43.8 Å². The minimum Gasteiger partial charge on any atom is -0.330 e. The van der Waals surface area contributed by atoms with Crippen LogP contribution in [0.1, 0.15) is 31.0 Å². The molecule has 90 valence electrons. The Hall–Kier alpha value is -1.61. The van der Waals surface area contributed by atoms with Gasteiger partial charge in [0.2, 0.25) is 0 Å². The van der Waals surface area contributed by atoms with E-state index in [0.717, 1.165) is 17.8 Å². The number of rotatable bonds is 4. The molecule has 0 spiro atoms. The minimum atomic E-state index is 0.456. The predicted molar refractivity (Wildman–Crippen MR) is 70.4 cm³/mol. The van der Waals surface area contributed by atoms with Crippen LogP contribution in [0.15, 0.2) is 36.5 Å². The standard InChI is InChI=1S/C14H19N3/c1-11(2)13-8-10-17(16-13)14-6-4-3-5-12(14)7-9-15/h3-6,8,10-11H,7,9,15H2,1-2H3. The highest BCUT2D eigenvalue weighted by molar-refractivity contribution is 5.40. The fourth-order valence-corrected chi connectivity index (χ4v) is 1.88. The molecule has 2 rings (SSSR count). The van der Waals surface area contributed by atoms with Crippen LogP contribution in [0.5, 0.6) is 0 Å². The van der Waals surface area contributed by atoms with Crippen molar-refractivity contribution in [1.29, 1.82) is 0 Å². The summed E-state index contributed by atoms with van der Waals surface area (Å²) in [5.41, 5.74) is 9.12. The molecule has 2 aromatic rings. The van der Waals surface area contributed by atoms with Crippen LogP contribution in [0.2, 0.25) is 0 Å². The van der Waals surface area contributed by atoms with Gasteiger partial charge in [0.25, 0.3) is 0 Å². The van der Waals surface area contributed by atoms with Crippen LogP contribution < -0.4 is 5.73 Å². The zero-order valence-corrected chi connectivity index (χ0v) is 10.4. The monoisotopic (exact) mass is 229 g/mol. The van der Waals surface area contributed by atoms with Crippen LogP contribution >= 0.6 is 0 Å². The van der Waals surface area contributed by atoms with Crippen molar-refractivity contribution in [3.63, 3.8) is 0 Å². The summed E-state index contributed by atoms with van der Waals surface area (Å²) in [4.78, 5) is 0. The molecule has 0 unspecified atom stereocenters. The maximum Gasteiger partial charge on any atom is 0.0678 e. The van der Waals surface area contributed by atoms with Crippen molar-refractivity contribution in [3.8, 4) is 5.69 Å². The van der Waals surface area contributed by atoms with Gasteiger partial charge in [-0.05, 0) is 36.6 Å². The summed E-state index contributed by atoms with van der Waals surface area (Å²) in [7, 11) is 0. The van der Waals surface area contributed by atoms with Crippen molar-refractivity contribution < 1.29 is 0 Å². The zero-order chi connectivity index (χ0) is 12.3. The maximum atomic E-state index is 5.63. The van der Waals surface area contributed by atoms with Gasteiger partial charge in [-0.1, -0.05) is 32.0 Å². The average Bonchev–Trinajstić information content (AvgIpc) is 2.79. The second-order valence-corrected chi connectivity index (χ2v) is 4.51. The highest BCUT2D eigenvalue weighted by Crippen LogP contribution is 2.17. The summed E-state index contributed by atoms with van der Waals surface area (Å²) in [6, 6.07) is 10.3. The summed E-state index contributed by atoms with van der Waals surface area (Å²) in [5.74, 6) is 0.456. The number of nitrogens with two attached hydrogens (primary N) is 1. The lowest BCUT2D eigenvalue weighted by Gasteiger charge is -2.08. The molecule has 0 aliphatic rings. The Bertz CT molecular complexity index is 486. The van der Waals surface area contributed by atoms with Gasteiger partial charge in [-0.15, -0.1) is 0 Å². The minimum absolute atomic E-state index is 0.456. The van der Waals surface area contributed by atoms with Crippen molar-refractivity contribution in [1.82, 2.24) is 9.78 Å². The van der Waals surface area contributed by atoms with Gasteiger partial charge in [-0.2, -0.15) is 5.10 Å². The van der Waals surface area contributed by atoms with Gasteiger partial charge >= 0.3 is 0 Å².